The summed E-state index contributed by atoms with van der Waals surface area (Å²) in [5.41, 5.74) is -1.43. The Bertz CT molecular complexity index is 928. The minimum atomic E-state index is -1.59. The van der Waals surface area contributed by atoms with Crippen LogP contribution in [0.15, 0.2) is 12.1 Å². The summed E-state index contributed by atoms with van der Waals surface area (Å²) in [4.78, 5) is 13.0. The molecule has 0 radical (unpaired) electrons. The topological polar surface area (TPSA) is 98.0 Å². The van der Waals surface area contributed by atoms with E-state index in [1.54, 1.807) is 6.07 Å². The minimum absolute atomic E-state index is 0.133. The number of phenolic OH excluding ortho intramolecular Hbond substituents is 1. The largest absolute Gasteiger partial charge is 0.508 e. The van der Waals surface area contributed by atoms with Crippen LogP contribution in [0.1, 0.15) is 42.4 Å². The van der Waals surface area contributed by atoms with Gasteiger partial charge in [-0.1, -0.05) is 6.07 Å². The molecule has 2 saturated carbocycles. The first kappa shape index (κ1) is 17.4. The molecule has 1 aromatic carbocycles. The van der Waals surface area contributed by atoms with Gasteiger partial charge in [-0.3, -0.25) is 9.28 Å². The third-order valence-corrected chi connectivity index (χ3v) is 9.07. The highest BCUT2D eigenvalue weighted by Crippen LogP contribution is 2.68. The fraction of sp³-hybridized carbons (Fsp3) is 0.682. The Hall–Kier alpha value is -1.47. The van der Waals surface area contributed by atoms with Gasteiger partial charge in [0, 0.05) is 30.1 Å². The first-order chi connectivity index (χ1) is 13.2. The molecule has 3 fully saturated rings. The molecule has 2 bridgehead atoms. The van der Waals surface area contributed by atoms with Gasteiger partial charge in [-0.25, -0.2) is 0 Å². The number of hydrogen-bond donors (Lipinski definition) is 4. The van der Waals surface area contributed by atoms with Gasteiger partial charge in [0.05, 0.1) is 26.6 Å². The summed E-state index contributed by atoms with van der Waals surface area (Å²) in [6.07, 6.45) is 2.10. The van der Waals surface area contributed by atoms with Crippen molar-refractivity contribution >= 4 is 5.78 Å². The van der Waals surface area contributed by atoms with Crippen LogP contribution in [-0.2, 0) is 23.1 Å². The van der Waals surface area contributed by atoms with E-state index in [1.165, 1.54) is 0 Å². The molecule has 4 aliphatic carbocycles. The predicted molar refractivity (Wildman–Crippen MR) is 99.5 cm³/mol. The van der Waals surface area contributed by atoms with Crippen molar-refractivity contribution in [2.24, 2.45) is 11.8 Å². The summed E-state index contributed by atoms with van der Waals surface area (Å²) in [7, 11) is 2.03. The Morgan fingerprint density at radius 1 is 1.25 bits per heavy atom. The number of carbonyl (C=O) groups excluding carboxylic acids is 1. The lowest BCUT2D eigenvalue weighted by molar-refractivity contribution is -1.00. The summed E-state index contributed by atoms with van der Waals surface area (Å²) in [6.45, 7) is 1.49. The smallest absolute Gasteiger partial charge is 0.235 e. The molecule has 6 heteroatoms. The summed E-state index contributed by atoms with van der Waals surface area (Å²) >= 11 is 0. The highest BCUT2D eigenvalue weighted by atomic mass is 16.4. The molecule has 1 aromatic rings. The Morgan fingerprint density at radius 3 is 2.71 bits per heavy atom. The second-order valence-electron chi connectivity index (χ2n) is 10.3. The molecule has 1 unspecified atom stereocenters. The number of quaternary nitrogens is 1. The van der Waals surface area contributed by atoms with Gasteiger partial charge in [0.25, 0.3) is 0 Å². The molecule has 1 heterocycles. The molecule has 0 amide bonds. The maximum atomic E-state index is 13.0. The molecule has 6 nitrogen and oxygen atoms in total. The van der Waals surface area contributed by atoms with Gasteiger partial charge in [-0.05, 0) is 42.0 Å². The lowest BCUT2D eigenvalue weighted by atomic mass is 9.45. The number of benzene rings is 1. The maximum absolute atomic E-state index is 13.0. The zero-order valence-electron chi connectivity index (χ0n) is 16.2. The second-order valence-corrected chi connectivity index (χ2v) is 10.3. The minimum Gasteiger partial charge on any atom is -0.508 e. The van der Waals surface area contributed by atoms with Gasteiger partial charge < -0.3 is 20.4 Å². The van der Waals surface area contributed by atoms with E-state index < -0.39 is 28.8 Å². The van der Waals surface area contributed by atoms with Crippen LogP contribution >= 0.6 is 0 Å². The second kappa shape index (κ2) is 4.81. The summed E-state index contributed by atoms with van der Waals surface area (Å²) in [5, 5.41) is 45.6. The van der Waals surface area contributed by atoms with Crippen molar-refractivity contribution in [1.29, 1.82) is 0 Å². The molecule has 1 spiro atoms. The average molecular weight is 386 g/mol. The van der Waals surface area contributed by atoms with E-state index >= 15 is 0 Å². The number of aliphatic hydroxyl groups excluding tert-OH is 1. The first-order valence-electron chi connectivity index (χ1n) is 10.5. The number of piperidine rings is 1. The van der Waals surface area contributed by atoms with Gasteiger partial charge >= 0.3 is 0 Å². The molecule has 1 aliphatic heterocycles. The van der Waals surface area contributed by atoms with Crippen molar-refractivity contribution in [1.82, 2.24) is 0 Å². The molecule has 4 N–H and O–H groups in total. The zero-order chi connectivity index (χ0) is 19.7. The molecular formula is C22H28NO5+. The van der Waals surface area contributed by atoms with E-state index in [-0.39, 0.29) is 24.4 Å². The van der Waals surface area contributed by atoms with E-state index in [0.29, 0.717) is 29.8 Å². The molecule has 150 valence electrons. The van der Waals surface area contributed by atoms with E-state index in [0.717, 1.165) is 36.1 Å². The molecule has 5 aliphatic rings. The molecule has 1 saturated heterocycles. The van der Waals surface area contributed by atoms with E-state index in [1.807, 2.05) is 13.1 Å². The van der Waals surface area contributed by atoms with E-state index in [2.05, 4.69) is 0 Å². The van der Waals surface area contributed by atoms with E-state index in [4.69, 9.17) is 0 Å². The predicted octanol–water partition coefficient (Wildman–Crippen LogP) is 0.372. The fourth-order valence-corrected chi connectivity index (χ4v) is 7.58. The number of rotatable bonds is 2. The number of nitrogens with zero attached hydrogens (tertiary/aromatic N) is 1. The van der Waals surface area contributed by atoms with Gasteiger partial charge in [0.2, 0.25) is 5.72 Å². The Labute approximate surface area is 164 Å². The SMILES string of the molecule is C[N@+]1(CC2CC2)CC[C@]23c4c5ccc(O)c4C[C@H]2C(=O)C(O)C[C@@]3(O)[C@@]1(O)C5. The van der Waals surface area contributed by atoms with Crippen LogP contribution in [0.4, 0.5) is 0 Å². The van der Waals surface area contributed by atoms with Crippen LogP contribution in [0.25, 0.3) is 0 Å². The summed E-state index contributed by atoms with van der Waals surface area (Å²) < 4.78 is 0.360. The molecule has 0 aromatic heterocycles. The highest BCUT2D eigenvalue weighted by Gasteiger charge is 2.82. The average Bonchev–Trinajstić information content (AvgIpc) is 3.36. The molecule has 6 rings (SSSR count). The van der Waals surface area contributed by atoms with Crippen LogP contribution in [0, 0.1) is 11.8 Å². The van der Waals surface area contributed by atoms with Crippen molar-refractivity contribution in [2.75, 3.05) is 20.1 Å². The normalized spacial score (nSPS) is 48.5. The van der Waals surface area contributed by atoms with Crippen LogP contribution < -0.4 is 0 Å². The zero-order valence-corrected chi connectivity index (χ0v) is 16.2. The Kier molecular flexibility index (Phi) is 2.99. The van der Waals surface area contributed by atoms with Gasteiger partial charge in [-0.15, -0.1) is 0 Å². The van der Waals surface area contributed by atoms with Crippen LogP contribution in [-0.4, -0.2) is 68.3 Å². The fourth-order valence-electron chi connectivity index (χ4n) is 7.58. The molecular weight excluding hydrogens is 358 g/mol. The molecule has 28 heavy (non-hydrogen) atoms. The van der Waals surface area contributed by atoms with Crippen molar-refractivity contribution in [3.8, 4) is 5.75 Å². The van der Waals surface area contributed by atoms with E-state index in [9.17, 15) is 25.2 Å². The van der Waals surface area contributed by atoms with Gasteiger partial charge in [0.15, 0.2) is 11.4 Å². The number of Topliss-reactive ketones (excluding diaryl/α,β-unsaturated/α-hetero) is 1. The number of likely N-dealkylation sites (tertiary alicyclic amines) is 1. The monoisotopic (exact) mass is 386 g/mol. The molecule has 6 atom stereocenters. The number of aromatic hydroxyl groups is 1. The lowest BCUT2D eigenvalue weighted by Gasteiger charge is -2.69. The van der Waals surface area contributed by atoms with Crippen LogP contribution in [0.3, 0.4) is 0 Å². The standard InChI is InChI=1S/C22H27NO5/c1-23(11-12-2-3-12)7-6-20-15-8-14-16(24)5-4-13(18(14)20)9-22(23,28)21(20,27)10-17(25)19(15)26/h4-5,12,15,17,25,27-28H,2-3,6-11H2,1H3/p+1/t15-,17?,20+,21-,22-,23+/m0/s1. The van der Waals surface area contributed by atoms with Gasteiger partial charge in [-0.2, -0.15) is 0 Å². The van der Waals surface area contributed by atoms with Crippen molar-refractivity contribution < 1.29 is 29.7 Å². The van der Waals surface area contributed by atoms with Crippen LogP contribution in [0.5, 0.6) is 5.75 Å². The van der Waals surface area contributed by atoms with Crippen molar-refractivity contribution in [2.45, 2.75) is 61.4 Å². The number of ketones is 1. The number of phenols is 1. The third kappa shape index (κ3) is 1.62. The number of hydrogen-bond acceptors (Lipinski definition) is 5. The Morgan fingerprint density at radius 2 is 2.00 bits per heavy atom. The summed E-state index contributed by atoms with van der Waals surface area (Å²) in [5.74, 6) is -0.130. The highest BCUT2D eigenvalue weighted by molar-refractivity contribution is 5.91. The number of likely N-dealkylation sites (N-methyl/N-ethyl adjacent to an activating group) is 1. The van der Waals surface area contributed by atoms with Gasteiger partial charge in [0.1, 0.15) is 11.9 Å². The summed E-state index contributed by atoms with van der Waals surface area (Å²) in [6, 6.07) is 3.50. The Balaban J connectivity index is 1.65. The van der Waals surface area contributed by atoms with Crippen LogP contribution in [0.2, 0.25) is 0 Å². The number of aliphatic hydroxyl groups is 3. The van der Waals surface area contributed by atoms with Crippen molar-refractivity contribution in [3.05, 3.63) is 28.8 Å². The number of carbonyl (C=O) groups is 1. The van der Waals surface area contributed by atoms with Crippen molar-refractivity contribution in [3.63, 3.8) is 0 Å². The lowest BCUT2D eigenvalue weighted by Crippen LogP contribution is -2.87. The quantitative estimate of drug-likeness (QED) is 0.551. The maximum Gasteiger partial charge on any atom is 0.235 e. The third-order valence-electron chi connectivity index (χ3n) is 9.07. The first-order valence-corrected chi connectivity index (χ1v) is 10.5.